The molecule has 0 amide bonds. The predicted molar refractivity (Wildman–Crippen MR) is 233 cm³/mol. The van der Waals surface area contributed by atoms with Crippen LogP contribution in [0.1, 0.15) is 47.2 Å². The molecule has 0 unspecified atom stereocenters. The number of nitrogens with zero attached hydrogens (tertiary/aromatic N) is 1. The lowest BCUT2D eigenvalue weighted by molar-refractivity contribution is 0.563. The Morgan fingerprint density at radius 2 is 0.857 bits per heavy atom. The van der Waals surface area contributed by atoms with Crippen LogP contribution < -0.4 is 0 Å². The van der Waals surface area contributed by atoms with E-state index >= 15 is 0 Å². The van der Waals surface area contributed by atoms with Crippen LogP contribution in [0.25, 0.3) is 66.7 Å². The lowest BCUT2D eigenvalue weighted by Gasteiger charge is -2.46. The molecule has 1 aromatic heterocycles. The SMILES string of the molecule is CC1(C)c2ccccc2C2(c3ccc(-c4cccc5ccccc45)cc3-c3c(-c4cc(-c5ccccc5)nc(-c5ccccc5)c4)cccc32)c2ccccc21. The van der Waals surface area contributed by atoms with Crippen LogP contribution in [0.15, 0.2) is 200 Å². The van der Waals surface area contributed by atoms with Crippen molar-refractivity contribution in [1.82, 2.24) is 4.98 Å². The maximum absolute atomic E-state index is 5.28. The van der Waals surface area contributed by atoms with Gasteiger partial charge in [-0.1, -0.05) is 196 Å². The van der Waals surface area contributed by atoms with Gasteiger partial charge in [-0.3, -0.25) is 0 Å². The number of fused-ring (bicyclic) bond motifs is 10. The van der Waals surface area contributed by atoms with Gasteiger partial charge in [-0.2, -0.15) is 0 Å². The molecular formula is C55H39N. The van der Waals surface area contributed by atoms with Gasteiger partial charge in [-0.05, 0) is 95.7 Å². The van der Waals surface area contributed by atoms with Crippen molar-refractivity contribution >= 4 is 10.8 Å². The summed E-state index contributed by atoms with van der Waals surface area (Å²) in [4.78, 5) is 5.28. The fourth-order valence-corrected chi connectivity index (χ4v) is 10.0. The van der Waals surface area contributed by atoms with Crippen molar-refractivity contribution in [3.05, 3.63) is 234 Å². The van der Waals surface area contributed by atoms with Gasteiger partial charge in [-0.15, -0.1) is 0 Å². The molecule has 8 aromatic carbocycles. The maximum Gasteiger partial charge on any atom is 0.0719 e. The Morgan fingerprint density at radius 1 is 0.339 bits per heavy atom. The second kappa shape index (κ2) is 12.3. The van der Waals surface area contributed by atoms with Crippen LogP contribution in [0.3, 0.4) is 0 Å². The highest BCUT2D eigenvalue weighted by Gasteiger charge is 2.53. The zero-order valence-corrected chi connectivity index (χ0v) is 31.5. The molecule has 2 aliphatic rings. The number of pyridine rings is 1. The molecule has 264 valence electrons. The Hall–Kier alpha value is -6.83. The fourth-order valence-electron chi connectivity index (χ4n) is 10.0. The van der Waals surface area contributed by atoms with Crippen LogP contribution >= 0.6 is 0 Å². The molecule has 0 atom stereocenters. The first-order chi connectivity index (χ1) is 27.5. The second-order valence-corrected chi connectivity index (χ2v) is 15.8. The minimum atomic E-state index is -0.502. The van der Waals surface area contributed by atoms with Gasteiger partial charge in [0.25, 0.3) is 0 Å². The van der Waals surface area contributed by atoms with Crippen molar-refractivity contribution in [2.24, 2.45) is 0 Å². The van der Waals surface area contributed by atoms with Crippen LogP contribution in [0, 0.1) is 0 Å². The molecule has 0 radical (unpaired) electrons. The molecule has 1 heterocycles. The Balaban J connectivity index is 1.26. The monoisotopic (exact) mass is 713 g/mol. The van der Waals surface area contributed by atoms with E-state index in [9.17, 15) is 0 Å². The Kier molecular flexibility index (Phi) is 7.18. The second-order valence-electron chi connectivity index (χ2n) is 15.8. The van der Waals surface area contributed by atoms with Gasteiger partial charge in [0.15, 0.2) is 0 Å². The summed E-state index contributed by atoms with van der Waals surface area (Å²) in [5.74, 6) is 0. The van der Waals surface area contributed by atoms with Crippen molar-refractivity contribution in [3.63, 3.8) is 0 Å². The first-order valence-electron chi connectivity index (χ1n) is 19.6. The smallest absolute Gasteiger partial charge is 0.0719 e. The van der Waals surface area contributed by atoms with Crippen LogP contribution in [-0.4, -0.2) is 4.98 Å². The van der Waals surface area contributed by atoms with E-state index in [1.165, 1.54) is 72.0 Å². The summed E-state index contributed by atoms with van der Waals surface area (Å²) >= 11 is 0. The van der Waals surface area contributed by atoms with Crippen LogP contribution in [0.4, 0.5) is 0 Å². The van der Waals surface area contributed by atoms with Gasteiger partial charge in [0.2, 0.25) is 0 Å². The van der Waals surface area contributed by atoms with Crippen molar-refractivity contribution in [2.75, 3.05) is 0 Å². The third kappa shape index (κ3) is 4.64. The topological polar surface area (TPSA) is 12.9 Å². The van der Waals surface area contributed by atoms with Crippen molar-refractivity contribution < 1.29 is 0 Å². The third-order valence-corrected chi connectivity index (χ3v) is 12.5. The highest BCUT2D eigenvalue weighted by Crippen LogP contribution is 2.63. The number of aromatic nitrogens is 1. The molecule has 1 nitrogen and oxygen atoms in total. The Morgan fingerprint density at radius 3 is 1.52 bits per heavy atom. The summed E-state index contributed by atoms with van der Waals surface area (Å²) in [6.45, 7) is 4.78. The molecule has 11 rings (SSSR count). The normalized spacial score (nSPS) is 14.2. The van der Waals surface area contributed by atoms with E-state index in [1.807, 2.05) is 0 Å². The highest BCUT2D eigenvalue weighted by molar-refractivity contribution is 6.01. The summed E-state index contributed by atoms with van der Waals surface area (Å²) in [5.41, 5.74) is 19.0. The summed E-state index contributed by atoms with van der Waals surface area (Å²) < 4.78 is 0. The molecule has 0 bridgehead atoms. The minimum absolute atomic E-state index is 0.165. The molecule has 0 fully saturated rings. The number of hydrogen-bond acceptors (Lipinski definition) is 1. The highest BCUT2D eigenvalue weighted by atomic mass is 14.7. The number of rotatable bonds is 4. The van der Waals surface area contributed by atoms with Crippen LogP contribution in [-0.2, 0) is 10.8 Å². The van der Waals surface area contributed by atoms with Crippen molar-refractivity contribution in [2.45, 2.75) is 24.7 Å². The van der Waals surface area contributed by atoms with Crippen LogP contribution in [0.2, 0.25) is 0 Å². The zero-order valence-electron chi connectivity index (χ0n) is 31.5. The van der Waals surface area contributed by atoms with Gasteiger partial charge in [0.05, 0.1) is 16.8 Å². The fraction of sp³-hybridized carbons (Fsp3) is 0.0727. The average molecular weight is 714 g/mol. The van der Waals surface area contributed by atoms with Crippen molar-refractivity contribution in [3.8, 4) is 55.9 Å². The first-order valence-corrected chi connectivity index (χ1v) is 19.6. The third-order valence-electron chi connectivity index (χ3n) is 12.5. The maximum atomic E-state index is 5.28. The van der Waals surface area contributed by atoms with E-state index in [-0.39, 0.29) is 5.41 Å². The molecule has 0 N–H and O–H groups in total. The minimum Gasteiger partial charge on any atom is -0.248 e. The molecule has 9 aromatic rings. The molecular weight excluding hydrogens is 675 g/mol. The first kappa shape index (κ1) is 32.6. The summed E-state index contributed by atoms with van der Waals surface area (Å²) in [5, 5.41) is 2.51. The number of hydrogen-bond donors (Lipinski definition) is 0. The average Bonchev–Trinajstić information content (AvgIpc) is 3.56. The largest absolute Gasteiger partial charge is 0.248 e. The molecule has 0 saturated carbocycles. The molecule has 0 saturated heterocycles. The molecule has 0 aliphatic heterocycles. The van der Waals surface area contributed by atoms with E-state index in [0.29, 0.717) is 0 Å². The van der Waals surface area contributed by atoms with Gasteiger partial charge < -0.3 is 0 Å². The van der Waals surface area contributed by atoms with Gasteiger partial charge >= 0.3 is 0 Å². The van der Waals surface area contributed by atoms with E-state index < -0.39 is 5.41 Å². The van der Waals surface area contributed by atoms with Gasteiger partial charge in [0.1, 0.15) is 0 Å². The standard InChI is InChI=1S/C55H39N/c1-54(2)46-26-11-13-28-48(46)55(49-29-14-12-27-47(49)54)45-32-31-39(42-24-15-22-36-17-9-10-23-41(36)42)33-44(45)53-43(25-16-30-50(53)55)40-34-51(37-18-5-3-6-19-37)56-52(35-40)38-20-7-4-8-21-38/h3-35H,1-2H3. The lowest BCUT2D eigenvalue weighted by atomic mass is 9.55. The van der Waals surface area contributed by atoms with Crippen LogP contribution in [0.5, 0.6) is 0 Å². The van der Waals surface area contributed by atoms with E-state index in [0.717, 1.165) is 28.1 Å². The van der Waals surface area contributed by atoms with Crippen molar-refractivity contribution in [1.29, 1.82) is 0 Å². The number of benzene rings is 8. The summed E-state index contributed by atoms with van der Waals surface area (Å²) in [6.07, 6.45) is 0. The molecule has 1 heteroatoms. The molecule has 2 aliphatic carbocycles. The Bertz CT molecular complexity index is 2880. The van der Waals surface area contributed by atoms with E-state index in [2.05, 4.69) is 214 Å². The lowest BCUT2D eigenvalue weighted by Crippen LogP contribution is -2.40. The summed E-state index contributed by atoms with van der Waals surface area (Å²) in [6, 6.07) is 73.9. The van der Waals surface area contributed by atoms with E-state index in [1.54, 1.807) is 0 Å². The van der Waals surface area contributed by atoms with Gasteiger partial charge in [0, 0.05) is 16.5 Å². The molecule has 1 spiro atoms. The Labute approximate surface area is 328 Å². The molecule has 56 heavy (non-hydrogen) atoms. The quantitative estimate of drug-likeness (QED) is 0.177. The zero-order chi connectivity index (χ0) is 37.4. The van der Waals surface area contributed by atoms with E-state index in [4.69, 9.17) is 4.98 Å². The predicted octanol–water partition coefficient (Wildman–Crippen LogP) is 13.9. The summed E-state index contributed by atoms with van der Waals surface area (Å²) in [7, 11) is 0. The van der Waals surface area contributed by atoms with Gasteiger partial charge in [-0.25, -0.2) is 4.98 Å².